The molecule has 0 spiro atoms. The van der Waals surface area contributed by atoms with Gasteiger partial charge in [0, 0.05) is 48.8 Å². The largest absolute Gasteiger partial charge is 0.459 e. The Kier molecular flexibility index (Phi) is 13.3. The lowest BCUT2D eigenvalue weighted by Crippen LogP contribution is -2.59. The molecule has 0 amide bonds. The Morgan fingerprint density at radius 2 is 1.02 bits per heavy atom. The maximum Gasteiger partial charge on any atom is 0.338 e. The van der Waals surface area contributed by atoms with Crippen LogP contribution in [0.25, 0.3) is 0 Å². The zero-order valence-electron chi connectivity index (χ0n) is 29.8. The number of piperidine rings is 2. The van der Waals surface area contributed by atoms with E-state index in [1.54, 1.807) is 24.3 Å². The molecule has 250 valence electrons. The molecule has 1 aromatic carbocycles. The maximum atomic E-state index is 13.2. The molecular formula is C38H64N2O4. The smallest absolute Gasteiger partial charge is 0.338 e. The van der Waals surface area contributed by atoms with E-state index in [2.05, 4.69) is 79.0 Å². The van der Waals surface area contributed by atoms with Gasteiger partial charge in [-0.25, -0.2) is 9.59 Å². The summed E-state index contributed by atoms with van der Waals surface area (Å²) in [5.74, 6) is 0.337. The van der Waals surface area contributed by atoms with E-state index in [-0.39, 0.29) is 35.2 Å². The van der Waals surface area contributed by atoms with Gasteiger partial charge in [-0.15, -0.1) is 0 Å². The number of benzene rings is 1. The third-order valence-corrected chi connectivity index (χ3v) is 10.3. The van der Waals surface area contributed by atoms with Gasteiger partial charge in [-0.05, 0) is 89.7 Å². The van der Waals surface area contributed by atoms with Crippen LogP contribution in [0.1, 0.15) is 154 Å². The number of carbonyl (C=O) groups is 2. The molecule has 4 unspecified atom stereocenters. The number of likely N-dealkylation sites (tertiary alicyclic amines) is 2. The van der Waals surface area contributed by atoms with Gasteiger partial charge >= 0.3 is 11.9 Å². The van der Waals surface area contributed by atoms with Crippen molar-refractivity contribution in [1.29, 1.82) is 0 Å². The lowest BCUT2D eigenvalue weighted by atomic mass is 9.80. The molecule has 1 aromatic rings. The van der Waals surface area contributed by atoms with Crippen molar-refractivity contribution in [2.45, 2.75) is 169 Å². The molecule has 6 heteroatoms. The van der Waals surface area contributed by atoms with E-state index >= 15 is 0 Å². The minimum absolute atomic E-state index is 0.0334. The molecule has 0 aromatic heterocycles. The van der Waals surface area contributed by atoms with Gasteiger partial charge in [0.25, 0.3) is 0 Å². The Balaban J connectivity index is 1.61. The lowest BCUT2D eigenvalue weighted by molar-refractivity contribution is -0.0672. The van der Waals surface area contributed by atoms with E-state index in [1.165, 1.54) is 38.5 Å². The average molecular weight is 613 g/mol. The zero-order valence-corrected chi connectivity index (χ0v) is 29.8. The van der Waals surface area contributed by atoms with Crippen LogP contribution >= 0.6 is 0 Å². The van der Waals surface area contributed by atoms with Crippen LogP contribution in [0.5, 0.6) is 0 Å². The monoisotopic (exact) mass is 612 g/mol. The summed E-state index contributed by atoms with van der Waals surface area (Å²) < 4.78 is 12.2. The summed E-state index contributed by atoms with van der Waals surface area (Å²) in [6.45, 7) is 24.9. The quantitative estimate of drug-likeness (QED) is 0.154. The fourth-order valence-corrected chi connectivity index (χ4v) is 7.83. The fourth-order valence-electron chi connectivity index (χ4n) is 7.83. The van der Waals surface area contributed by atoms with Crippen molar-refractivity contribution in [3.8, 4) is 0 Å². The number of unbranched alkanes of at least 4 members (excludes halogenated alkanes) is 4. The number of esters is 2. The van der Waals surface area contributed by atoms with Gasteiger partial charge < -0.3 is 9.47 Å². The molecule has 0 aliphatic carbocycles. The van der Waals surface area contributed by atoms with Gasteiger partial charge in [0.2, 0.25) is 0 Å². The molecule has 2 aliphatic rings. The number of hydrogen-bond donors (Lipinski definition) is 0. The molecule has 0 saturated carbocycles. The Morgan fingerprint density at radius 3 is 1.32 bits per heavy atom. The second kappa shape index (κ2) is 16.1. The predicted molar refractivity (Wildman–Crippen MR) is 181 cm³/mol. The Labute approximate surface area is 269 Å². The van der Waals surface area contributed by atoms with E-state index in [0.29, 0.717) is 35.0 Å². The van der Waals surface area contributed by atoms with Crippen LogP contribution < -0.4 is 0 Å². The first-order valence-corrected chi connectivity index (χ1v) is 17.8. The van der Waals surface area contributed by atoms with E-state index in [0.717, 1.165) is 38.8 Å². The van der Waals surface area contributed by atoms with Gasteiger partial charge in [-0.1, -0.05) is 67.2 Å². The summed E-state index contributed by atoms with van der Waals surface area (Å²) in [5.41, 5.74) is 0.891. The van der Waals surface area contributed by atoms with Crippen molar-refractivity contribution >= 4 is 11.9 Å². The number of hydrogen-bond acceptors (Lipinski definition) is 6. The summed E-state index contributed by atoms with van der Waals surface area (Å²) in [6.07, 6.45) is 10.4. The zero-order chi connectivity index (χ0) is 32.7. The highest BCUT2D eigenvalue weighted by molar-refractivity contribution is 5.93. The summed E-state index contributed by atoms with van der Waals surface area (Å²) >= 11 is 0. The highest BCUT2D eigenvalue weighted by atomic mass is 16.5. The highest BCUT2D eigenvalue weighted by Gasteiger charge is 2.44. The normalized spacial score (nSPS) is 25.7. The highest BCUT2D eigenvalue weighted by Crippen LogP contribution is 2.38. The molecule has 0 N–H and O–H groups in total. The topological polar surface area (TPSA) is 59.1 Å². The van der Waals surface area contributed by atoms with Gasteiger partial charge in [0.1, 0.15) is 12.2 Å². The van der Waals surface area contributed by atoms with Crippen LogP contribution in [0.3, 0.4) is 0 Å². The standard InChI is InChI=1S/C38H64N2O4/c1-11-13-15-21-39-33(27(3)4)23-31(25-37(39,7)8)43-35(41)29-17-19-30(20-18-29)36(42)44-32-24-34(28(5)6)40(22-16-14-12-2)38(9,10)26-32/h17-20,27-28,31-34H,11-16,21-26H2,1-10H3. The molecule has 2 heterocycles. The molecule has 6 nitrogen and oxygen atoms in total. The van der Waals surface area contributed by atoms with Crippen molar-refractivity contribution < 1.29 is 19.1 Å². The van der Waals surface area contributed by atoms with E-state index in [4.69, 9.17) is 9.47 Å². The maximum absolute atomic E-state index is 13.2. The Bertz CT molecular complexity index is 964. The third-order valence-electron chi connectivity index (χ3n) is 10.3. The van der Waals surface area contributed by atoms with Crippen molar-refractivity contribution in [3.63, 3.8) is 0 Å². The van der Waals surface area contributed by atoms with Crippen LogP contribution in [0, 0.1) is 11.8 Å². The minimum atomic E-state index is -0.315. The molecule has 3 rings (SSSR count). The summed E-state index contributed by atoms with van der Waals surface area (Å²) in [4.78, 5) is 31.8. The first-order chi connectivity index (χ1) is 20.7. The van der Waals surface area contributed by atoms with E-state index in [1.807, 2.05) is 0 Å². The Hall–Kier alpha value is -1.92. The van der Waals surface area contributed by atoms with Crippen molar-refractivity contribution in [3.05, 3.63) is 35.4 Å². The van der Waals surface area contributed by atoms with Crippen molar-refractivity contribution in [2.75, 3.05) is 13.1 Å². The first kappa shape index (κ1) is 36.5. The van der Waals surface area contributed by atoms with Crippen LogP contribution in [-0.2, 0) is 9.47 Å². The predicted octanol–water partition coefficient (Wildman–Crippen LogP) is 8.92. The second-order valence-corrected chi connectivity index (χ2v) is 15.6. The summed E-state index contributed by atoms with van der Waals surface area (Å²) in [7, 11) is 0. The van der Waals surface area contributed by atoms with Gasteiger partial charge in [-0.3, -0.25) is 9.80 Å². The van der Waals surface area contributed by atoms with Gasteiger partial charge in [0.05, 0.1) is 11.1 Å². The van der Waals surface area contributed by atoms with Gasteiger partial charge in [0.15, 0.2) is 0 Å². The molecule has 44 heavy (non-hydrogen) atoms. The molecule has 2 saturated heterocycles. The fraction of sp³-hybridized carbons (Fsp3) is 0.789. The number of carbonyl (C=O) groups excluding carboxylic acids is 2. The number of rotatable bonds is 14. The summed E-state index contributed by atoms with van der Waals surface area (Å²) in [5, 5.41) is 0. The third kappa shape index (κ3) is 9.55. The van der Waals surface area contributed by atoms with Crippen LogP contribution in [0.2, 0.25) is 0 Å². The molecule has 4 atom stereocenters. The number of ether oxygens (including phenoxy) is 2. The van der Waals surface area contributed by atoms with Crippen LogP contribution in [0.15, 0.2) is 24.3 Å². The second-order valence-electron chi connectivity index (χ2n) is 15.6. The van der Waals surface area contributed by atoms with Crippen molar-refractivity contribution in [2.24, 2.45) is 11.8 Å². The first-order valence-electron chi connectivity index (χ1n) is 17.8. The average Bonchev–Trinajstić information content (AvgIpc) is 2.94. The van der Waals surface area contributed by atoms with Crippen LogP contribution in [0.4, 0.5) is 0 Å². The summed E-state index contributed by atoms with van der Waals surface area (Å²) in [6, 6.07) is 7.60. The molecule has 2 aliphatic heterocycles. The molecule has 0 radical (unpaired) electrons. The molecule has 2 fully saturated rings. The SMILES string of the molecule is CCCCCN1C(C(C)C)CC(OC(=O)c2ccc(C(=O)OC3CC(C(C)C)N(CCCCC)C(C)(C)C3)cc2)CC1(C)C. The minimum Gasteiger partial charge on any atom is -0.459 e. The van der Waals surface area contributed by atoms with E-state index < -0.39 is 0 Å². The number of nitrogens with zero attached hydrogens (tertiary/aromatic N) is 2. The Morgan fingerprint density at radius 1 is 0.682 bits per heavy atom. The van der Waals surface area contributed by atoms with E-state index in [9.17, 15) is 9.59 Å². The lowest BCUT2D eigenvalue weighted by Gasteiger charge is -2.51. The molecule has 0 bridgehead atoms. The van der Waals surface area contributed by atoms with Crippen LogP contribution in [-0.4, -0.2) is 70.2 Å². The van der Waals surface area contributed by atoms with Crippen molar-refractivity contribution in [1.82, 2.24) is 9.80 Å². The molecular weight excluding hydrogens is 548 g/mol. The van der Waals surface area contributed by atoms with Gasteiger partial charge in [-0.2, -0.15) is 0 Å².